The molecule has 3 heteroatoms. The Morgan fingerprint density at radius 3 is 2.43 bits per heavy atom. The molecule has 21 heavy (non-hydrogen) atoms. The van der Waals surface area contributed by atoms with Crippen molar-refractivity contribution >= 4 is 0 Å². The van der Waals surface area contributed by atoms with Gasteiger partial charge < -0.3 is 15.0 Å². The first kappa shape index (κ1) is 16.3. The Hall–Kier alpha value is -1.06. The standard InChI is InChI=1S/C18H30N2O/c1-4-9-18(10-12-19-13-11-18)15-20(2)14-16-5-7-17(21-3)8-6-16/h5-8,19H,4,9-15H2,1-3H3. The number of rotatable bonds is 7. The fourth-order valence-electron chi connectivity index (χ4n) is 3.65. The monoisotopic (exact) mass is 290 g/mol. The number of hydrogen-bond donors (Lipinski definition) is 1. The number of piperidine rings is 1. The van der Waals surface area contributed by atoms with Gasteiger partial charge in [-0.2, -0.15) is 0 Å². The molecule has 0 aromatic heterocycles. The molecule has 118 valence electrons. The zero-order chi connectivity index (χ0) is 15.1. The first-order valence-electron chi connectivity index (χ1n) is 8.20. The quantitative estimate of drug-likeness (QED) is 0.834. The lowest BCUT2D eigenvalue weighted by molar-refractivity contribution is 0.112. The minimum Gasteiger partial charge on any atom is -0.497 e. The largest absolute Gasteiger partial charge is 0.497 e. The van der Waals surface area contributed by atoms with E-state index in [1.807, 2.05) is 0 Å². The van der Waals surface area contributed by atoms with Crippen LogP contribution in [0, 0.1) is 5.41 Å². The van der Waals surface area contributed by atoms with Crippen LogP contribution in [-0.2, 0) is 6.54 Å². The van der Waals surface area contributed by atoms with Crippen molar-refractivity contribution < 1.29 is 4.74 Å². The highest BCUT2D eigenvalue weighted by Gasteiger charge is 2.32. The molecule has 1 aromatic rings. The van der Waals surface area contributed by atoms with Crippen molar-refractivity contribution in [3.63, 3.8) is 0 Å². The van der Waals surface area contributed by atoms with E-state index >= 15 is 0 Å². The molecule has 0 bridgehead atoms. The number of nitrogens with one attached hydrogen (secondary N) is 1. The van der Waals surface area contributed by atoms with E-state index < -0.39 is 0 Å². The maximum Gasteiger partial charge on any atom is 0.118 e. The van der Waals surface area contributed by atoms with Crippen molar-refractivity contribution in [2.75, 3.05) is 33.8 Å². The van der Waals surface area contributed by atoms with Gasteiger partial charge in [-0.05, 0) is 62.5 Å². The van der Waals surface area contributed by atoms with Crippen molar-refractivity contribution in [1.29, 1.82) is 0 Å². The second-order valence-electron chi connectivity index (χ2n) is 6.52. The zero-order valence-electron chi connectivity index (χ0n) is 13.8. The predicted octanol–water partition coefficient (Wildman–Crippen LogP) is 3.30. The number of methoxy groups -OCH3 is 1. The van der Waals surface area contributed by atoms with Crippen molar-refractivity contribution in [3.05, 3.63) is 29.8 Å². The van der Waals surface area contributed by atoms with Crippen LogP contribution in [-0.4, -0.2) is 38.7 Å². The van der Waals surface area contributed by atoms with E-state index in [0.29, 0.717) is 5.41 Å². The van der Waals surface area contributed by atoms with Crippen molar-refractivity contribution in [3.8, 4) is 5.75 Å². The molecule has 2 rings (SSSR count). The van der Waals surface area contributed by atoms with Crippen LogP contribution in [0.5, 0.6) is 5.75 Å². The van der Waals surface area contributed by atoms with E-state index in [0.717, 1.165) is 12.3 Å². The van der Waals surface area contributed by atoms with Crippen LogP contribution in [0.3, 0.4) is 0 Å². The fourth-order valence-corrected chi connectivity index (χ4v) is 3.65. The van der Waals surface area contributed by atoms with Crippen LogP contribution in [0.2, 0.25) is 0 Å². The Bertz CT molecular complexity index is 404. The van der Waals surface area contributed by atoms with Gasteiger partial charge in [-0.1, -0.05) is 25.5 Å². The molecule has 1 aromatic carbocycles. The molecular weight excluding hydrogens is 260 g/mol. The van der Waals surface area contributed by atoms with E-state index in [1.165, 1.54) is 50.9 Å². The molecule has 1 heterocycles. The summed E-state index contributed by atoms with van der Waals surface area (Å²) in [5, 5.41) is 3.50. The summed E-state index contributed by atoms with van der Waals surface area (Å²) in [7, 11) is 3.97. The highest BCUT2D eigenvalue weighted by Crippen LogP contribution is 2.35. The normalized spacial score (nSPS) is 17.9. The van der Waals surface area contributed by atoms with Gasteiger partial charge >= 0.3 is 0 Å². The number of benzene rings is 1. The van der Waals surface area contributed by atoms with Crippen molar-refractivity contribution in [2.45, 2.75) is 39.2 Å². The molecular formula is C18H30N2O. The molecule has 3 nitrogen and oxygen atoms in total. The van der Waals surface area contributed by atoms with E-state index in [4.69, 9.17) is 4.74 Å². The van der Waals surface area contributed by atoms with E-state index in [2.05, 4.69) is 48.5 Å². The minimum atomic E-state index is 0.515. The van der Waals surface area contributed by atoms with Gasteiger partial charge in [-0.3, -0.25) is 0 Å². The zero-order valence-corrected chi connectivity index (χ0v) is 13.8. The molecule has 0 amide bonds. The van der Waals surface area contributed by atoms with Crippen LogP contribution < -0.4 is 10.1 Å². The number of nitrogens with zero attached hydrogens (tertiary/aromatic N) is 1. The third-order valence-corrected chi connectivity index (χ3v) is 4.66. The lowest BCUT2D eigenvalue weighted by Gasteiger charge is -2.40. The molecule has 1 fully saturated rings. The van der Waals surface area contributed by atoms with Crippen LogP contribution in [0.1, 0.15) is 38.2 Å². The number of hydrogen-bond acceptors (Lipinski definition) is 3. The van der Waals surface area contributed by atoms with Crippen molar-refractivity contribution in [1.82, 2.24) is 10.2 Å². The summed E-state index contributed by atoms with van der Waals surface area (Å²) in [6.45, 7) is 6.89. The van der Waals surface area contributed by atoms with Gasteiger partial charge in [0.25, 0.3) is 0 Å². The van der Waals surface area contributed by atoms with Gasteiger partial charge in [-0.15, -0.1) is 0 Å². The molecule has 0 spiro atoms. The van der Waals surface area contributed by atoms with Crippen LogP contribution >= 0.6 is 0 Å². The maximum absolute atomic E-state index is 5.22. The molecule has 0 saturated carbocycles. The SMILES string of the molecule is CCCC1(CN(C)Cc2ccc(OC)cc2)CCNCC1. The van der Waals surface area contributed by atoms with E-state index in [1.54, 1.807) is 7.11 Å². The highest BCUT2D eigenvalue weighted by molar-refractivity contribution is 5.27. The first-order valence-corrected chi connectivity index (χ1v) is 8.20. The third kappa shape index (κ3) is 4.72. The second kappa shape index (κ2) is 7.81. The van der Waals surface area contributed by atoms with Gasteiger partial charge in [0, 0.05) is 13.1 Å². The molecule has 0 atom stereocenters. The van der Waals surface area contributed by atoms with Gasteiger partial charge in [0.15, 0.2) is 0 Å². The maximum atomic E-state index is 5.22. The molecule has 0 radical (unpaired) electrons. The van der Waals surface area contributed by atoms with Crippen LogP contribution in [0.4, 0.5) is 0 Å². The highest BCUT2D eigenvalue weighted by atomic mass is 16.5. The van der Waals surface area contributed by atoms with Crippen molar-refractivity contribution in [2.24, 2.45) is 5.41 Å². The molecule has 1 saturated heterocycles. The number of ether oxygens (including phenoxy) is 1. The lowest BCUT2D eigenvalue weighted by atomic mass is 9.75. The van der Waals surface area contributed by atoms with E-state index in [9.17, 15) is 0 Å². The molecule has 0 aliphatic carbocycles. The van der Waals surface area contributed by atoms with Crippen LogP contribution in [0.25, 0.3) is 0 Å². The molecule has 1 N–H and O–H groups in total. The smallest absolute Gasteiger partial charge is 0.118 e. The predicted molar refractivity (Wildman–Crippen MR) is 88.8 cm³/mol. The molecule has 0 unspecified atom stereocenters. The summed E-state index contributed by atoms with van der Waals surface area (Å²) >= 11 is 0. The van der Waals surface area contributed by atoms with Crippen LogP contribution in [0.15, 0.2) is 24.3 Å². The Kier molecular flexibility index (Phi) is 6.07. The Morgan fingerprint density at radius 2 is 1.86 bits per heavy atom. The average molecular weight is 290 g/mol. The van der Waals surface area contributed by atoms with Gasteiger partial charge in [0.2, 0.25) is 0 Å². The third-order valence-electron chi connectivity index (χ3n) is 4.66. The Labute approximate surface area is 129 Å². The fraction of sp³-hybridized carbons (Fsp3) is 0.667. The summed E-state index contributed by atoms with van der Waals surface area (Å²) in [5.74, 6) is 0.933. The molecule has 1 aliphatic heterocycles. The first-order chi connectivity index (χ1) is 10.2. The summed E-state index contributed by atoms with van der Waals surface area (Å²) in [6, 6.07) is 8.44. The topological polar surface area (TPSA) is 24.5 Å². The van der Waals surface area contributed by atoms with Gasteiger partial charge in [-0.25, -0.2) is 0 Å². The summed E-state index contributed by atoms with van der Waals surface area (Å²) in [5.41, 5.74) is 1.88. The van der Waals surface area contributed by atoms with Gasteiger partial charge in [0.1, 0.15) is 5.75 Å². The summed E-state index contributed by atoms with van der Waals surface area (Å²) in [6.07, 6.45) is 5.26. The summed E-state index contributed by atoms with van der Waals surface area (Å²) < 4.78 is 5.22. The summed E-state index contributed by atoms with van der Waals surface area (Å²) in [4.78, 5) is 2.49. The lowest BCUT2D eigenvalue weighted by Crippen LogP contribution is -2.43. The average Bonchev–Trinajstić information content (AvgIpc) is 2.49. The Balaban J connectivity index is 1.93. The van der Waals surface area contributed by atoms with Gasteiger partial charge in [0.05, 0.1) is 7.11 Å². The minimum absolute atomic E-state index is 0.515. The molecule has 1 aliphatic rings. The second-order valence-corrected chi connectivity index (χ2v) is 6.52. The Morgan fingerprint density at radius 1 is 1.19 bits per heavy atom. The van der Waals surface area contributed by atoms with E-state index in [-0.39, 0.29) is 0 Å².